The lowest BCUT2D eigenvalue weighted by molar-refractivity contribution is -0.121. The van der Waals surface area contributed by atoms with E-state index in [0.717, 1.165) is 18.5 Å². The van der Waals surface area contributed by atoms with E-state index in [2.05, 4.69) is 10.1 Å². The van der Waals surface area contributed by atoms with Crippen LogP contribution in [-0.4, -0.2) is 37.6 Å². The average Bonchev–Trinajstić information content (AvgIpc) is 2.54. The number of nitrogens with zero attached hydrogens (tertiary/aromatic N) is 1. The van der Waals surface area contributed by atoms with E-state index >= 15 is 0 Å². The summed E-state index contributed by atoms with van der Waals surface area (Å²) in [6.45, 7) is 0.611. The largest absolute Gasteiger partial charge is 0.439 e. The molecule has 0 bridgehead atoms. The number of hydrogen-bond donors (Lipinski definition) is 2. The van der Waals surface area contributed by atoms with Gasteiger partial charge in [0, 0.05) is 25.2 Å². The van der Waals surface area contributed by atoms with Crippen LogP contribution in [0.15, 0.2) is 24.3 Å². The SMILES string of the molecule is NC(=O)COC(=O)NCCCCN1C(=O)CCc2ccccc21. The number of primary amides is 1. The van der Waals surface area contributed by atoms with Crippen molar-refractivity contribution in [3.8, 4) is 0 Å². The molecule has 23 heavy (non-hydrogen) atoms. The lowest BCUT2D eigenvalue weighted by Crippen LogP contribution is -2.36. The molecule has 124 valence electrons. The summed E-state index contributed by atoms with van der Waals surface area (Å²) in [5.74, 6) is -0.556. The number of alkyl carbamates (subject to hydrolysis) is 1. The minimum absolute atomic E-state index is 0.137. The van der Waals surface area contributed by atoms with Crippen LogP contribution in [0.4, 0.5) is 10.5 Å². The van der Waals surface area contributed by atoms with Crippen LogP contribution in [0.25, 0.3) is 0 Å². The van der Waals surface area contributed by atoms with Crippen molar-refractivity contribution in [1.29, 1.82) is 0 Å². The molecule has 1 aliphatic rings. The highest BCUT2D eigenvalue weighted by atomic mass is 16.6. The number of carbonyl (C=O) groups excluding carboxylic acids is 3. The van der Waals surface area contributed by atoms with Crippen LogP contribution in [0.5, 0.6) is 0 Å². The van der Waals surface area contributed by atoms with Gasteiger partial charge in [0.15, 0.2) is 6.61 Å². The maximum atomic E-state index is 12.1. The Labute approximate surface area is 134 Å². The number of hydrogen-bond acceptors (Lipinski definition) is 4. The fourth-order valence-corrected chi connectivity index (χ4v) is 2.51. The van der Waals surface area contributed by atoms with Gasteiger partial charge in [-0.05, 0) is 30.9 Å². The lowest BCUT2D eigenvalue weighted by Gasteiger charge is -2.29. The predicted molar refractivity (Wildman–Crippen MR) is 84.9 cm³/mol. The van der Waals surface area contributed by atoms with Crippen LogP contribution in [-0.2, 0) is 20.7 Å². The maximum absolute atomic E-state index is 12.1. The molecule has 0 saturated heterocycles. The number of fused-ring (bicyclic) bond motifs is 1. The number of carbonyl (C=O) groups is 3. The third kappa shape index (κ3) is 4.98. The minimum Gasteiger partial charge on any atom is -0.439 e. The maximum Gasteiger partial charge on any atom is 0.407 e. The van der Waals surface area contributed by atoms with Gasteiger partial charge in [-0.2, -0.15) is 0 Å². The summed E-state index contributed by atoms with van der Waals surface area (Å²) in [4.78, 5) is 35.6. The van der Waals surface area contributed by atoms with Gasteiger partial charge in [-0.3, -0.25) is 9.59 Å². The number of amides is 3. The first-order valence-electron chi connectivity index (χ1n) is 7.65. The van der Waals surface area contributed by atoms with Crippen molar-refractivity contribution in [2.45, 2.75) is 25.7 Å². The monoisotopic (exact) mass is 319 g/mol. The Morgan fingerprint density at radius 1 is 1.22 bits per heavy atom. The molecule has 1 aromatic rings. The molecule has 3 amide bonds. The lowest BCUT2D eigenvalue weighted by atomic mass is 10.0. The molecule has 0 radical (unpaired) electrons. The Kier molecular flexibility index (Phi) is 5.96. The van der Waals surface area contributed by atoms with E-state index in [1.54, 1.807) is 0 Å². The number of nitrogens with two attached hydrogens (primary N) is 1. The summed E-state index contributed by atoms with van der Waals surface area (Å²) in [7, 11) is 0. The molecule has 1 aliphatic heterocycles. The first-order valence-corrected chi connectivity index (χ1v) is 7.65. The van der Waals surface area contributed by atoms with Crippen molar-refractivity contribution in [3.63, 3.8) is 0 Å². The fourth-order valence-electron chi connectivity index (χ4n) is 2.51. The van der Waals surface area contributed by atoms with E-state index in [4.69, 9.17) is 5.73 Å². The van der Waals surface area contributed by atoms with Gasteiger partial charge in [-0.1, -0.05) is 18.2 Å². The van der Waals surface area contributed by atoms with Gasteiger partial charge >= 0.3 is 6.09 Å². The number of aryl methyl sites for hydroxylation is 1. The minimum atomic E-state index is -0.692. The molecule has 0 fully saturated rings. The smallest absolute Gasteiger partial charge is 0.407 e. The van der Waals surface area contributed by atoms with Crippen LogP contribution in [0, 0.1) is 0 Å². The van der Waals surface area contributed by atoms with Gasteiger partial charge in [0.25, 0.3) is 5.91 Å². The normalized spacial score (nSPS) is 13.4. The van der Waals surface area contributed by atoms with Crippen molar-refractivity contribution < 1.29 is 19.1 Å². The van der Waals surface area contributed by atoms with Crippen LogP contribution < -0.4 is 16.0 Å². The van der Waals surface area contributed by atoms with Crippen molar-refractivity contribution in [3.05, 3.63) is 29.8 Å². The summed E-state index contributed by atoms with van der Waals surface area (Å²) in [5.41, 5.74) is 7.05. The zero-order valence-corrected chi connectivity index (χ0v) is 12.9. The van der Waals surface area contributed by atoms with E-state index in [9.17, 15) is 14.4 Å². The van der Waals surface area contributed by atoms with E-state index in [-0.39, 0.29) is 5.91 Å². The highest BCUT2D eigenvalue weighted by molar-refractivity contribution is 5.96. The number of unbranched alkanes of at least 4 members (excludes halogenated alkanes) is 1. The van der Waals surface area contributed by atoms with E-state index in [0.29, 0.717) is 25.9 Å². The summed E-state index contributed by atoms with van der Waals surface area (Å²) in [6, 6.07) is 7.92. The van der Waals surface area contributed by atoms with E-state index in [1.165, 1.54) is 5.56 Å². The van der Waals surface area contributed by atoms with Crippen molar-refractivity contribution in [2.24, 2.45) is 5.73 Å². The van der Waals surface area contributed by atoms with Crippen molar-refractivity contribution in [2.75, 3.05) is 24.6 Å². The summed E-state index contributed by atoms with van der Waals surface area (Å²) >= 11 is 0. The molecule has 7 nitrogen and oxygen atoms in total. The summed E-state index contributed by atoms with van der Waals surface area (Å²) < 4.78 is 4.57. The number of benzene rings is 1. The Balaban J connectivity index is 1.71. The molecule has 1 aromatic carbocycles. The van der Waals surface area contributed by atoms with Gasteiger partial charge in [0.1, 0.15) is 0 Å². The molecule has 0 aliphatic carbocycles. The predicted octanol–water partition coefficient (Wildman–Crippen LogP) is 0.958. The first-order chi connectivity index (χ1) is 11.1. The van der Waals surface area contributed by atoms with Gasteiger partial charge in [0.05, 0.1) is 0 Å². The second-order valence-corrected chi connectivity index (χ2v) is 5.35. The number of rotatable bonds is 7. The quantitative estimate of drug-likeness (QED) is 0.731. The van der Waals surface area contributed by atoms with Crippen molar-refractivity contribution >= 4 is 23.6 Å². The highest BCUT2D eigenvalue weighted by Gasteiger charge is 2.22. The van der Waals surface area contributed by atoms with Crippen molar-refractivity contribution in [1.82, 2.24) is 5.32 Å². The molecule has 7 heteroatoms. The molecule has 1 heterocycles. The Morgan fingerprint density at radius 3 is 2.78 bits per heavy atom. The molecule has 0 spiro atoms. The van der Waals surface area contributed by atoms with Gasteiger partial charge in [-0.25, -0.2) is 4.79 Å². The number of nitrogens with one attached hydrogen (secondary N) is 1. The third-order valence-electron chi connectivity index (χ3n) is 3.62. The van der Waals surface area contributed by atoms with Crippen LogP contribution >= 0.6 is 0 Å². The van der Waals surface area contributed by atoms with E-state index in [1.807, 2.05) is 29.2 Å². The van der Waals surface area contributed by atoms with E-state index < -0.39 is 18.6 Å². The molecule has 3 N–H and O–H groups in total. The second-order valence-electron chi connectivity index (χ2n) is 5.35. The number of para-hydroxylation sites is 1. The standard InChI is InChI=1S/C16H21N3O4/c17-14(20)11-23-16(22)18-9-3-4-10-19-13-6-2-1-5-12(13)7-8-15(19)21/h1-2,5-6H,3-4,7-11H2,(H2,17,20)(H,18,22). The second kappa shape index (κ2) is 8.17. The fraction of sp³-hybridized carbons (Fsp3) is 0.438. The van der Waals surface area contributed by atoms with Gasteiger partial charge in [0.2, 0.25) is 5.91 Å². The zero-order valence-electron chi connectivity index (χ0n) is 12.9. The summed E-state index contributed by atoms with van der Waals surface area (Å²) in [5, 5.41) is 2.53. The molecular weight excluding hydrogens is 298 g/mol. The zero-order chi connectivity index (χ0) is 16.7. The van der Waals surface area contributed by atoms with Gasteiger partial charge in [-0.15, -0.1) is 0 Å². The number of anilines is 1. The number of ether oxygens (including phenoxy) is 1. The third-order valence-corrected chi connectivity index (χ3v) is 3.62. The van der Waals surface area contributed by atoms with Gasteiger partial charge < -0.3 is 20.7 Å². The van der Waals surface area contributed by atoms with Crippen LogP contribution in [0.3, 0.4) is 0 Å². The Bertz CT molecular complexity index is 588. The topological polar surface area (TPSA) is 102 Å². The average molecular weight is 319 g/mol. The Morgan fingerprint density at radius 2 is 2.00 bits per heavy atom. The molecule has 0 aromatic heterocycles. The molecule has 2 rings (SSSR count). The Hall–Kier alpha value is -2.57. The first kappa shape index (κ1) is 16.8. The highest BCUT2D eigenvalue weighted by Crippen LogP contribution is 2.27. The van der Waals surface area contributed by atoms with Crippen LogP contribution in [0.1, 0.15) is 24.8 Å². The summed E-state index contributed by atoms with van der Waals surface area (Å²) in [6.07, 6.45) is 2.13. The molecule has 0 unspecified atom stereocenters. The molecular formula is C16H21N3O4. The molecule has 0 saturated carbocycles. The van der Waals surface area contributed by atoms with Crippen LogP contribution in [0.2, 0.25) is 0 Å². The molecule has 0 atom stereocenters.